The number of aromatic nitrogens is 2. The molecule has 0 saturated carbocycles. The molecule has 0 aliphatic rings. The molecule has 4 rings (SSSR count). The minimum absolute atomic E-state index is 0.212. The maximum atomic E-state index is 13.2. The van der Waals surface area contributed by atoms with E-state index in [2.05, 4.69) is 10.4 Å². The van der Waals surface area contributed by atoms with Crippen molar-refractivity contribution in [3.05, 3.63) is 111 Å². The maximum absolute atomic E-state index is 13.2. The van der Waals surface area contributed by atoms with E-state index in [-0.39, 0.29) is 11.3 Å². The van der Waals surface area contributed by atoms with Gasteiger partial charge in [0.05, 0.1) is 11.3 Å². The van der Waals surface area contributed by atoms with Crippen LogP contribution in [0, 0.1) is 20.8 Å². The van der Waals surface area contributed by atoms with Gasteiger partial charge in [0.1, 0.15) is 11.5 Å². The van der Waals surface area contributed by atoms with Gasteiger partial charge in [0, 0.05) is 5.56 Å². The molecule has 1 N–H and O–H groups in total. The van der Waals surface area contributed by atoms with E-state index in [1.165, 1.54) is 0 Å². The smallest absolute Gasteiger partial charge is 0.256 e. The van der Waals surface area contributed by atoms with Crippen LogP contribution in [0.2, 0.25) is 0 Å². The highest BCUT2D eigenvalue weighted by atomic mass is 16.2. The molecule has 154 valence electrons. The van der Waals surface area contributed by atoms with Crippen LogP contribution in [-0.4, -0.2) is 15.7 Å². The maximum Gasteiger partial charge on any atom is 0.256 e. The van der Waals surface area contributed by atoms with Crippen LogP contribution in [0.15, 0.2) is 83.7 Å². The minimum atomic E-state index is -0.306. The van der Waals surface area contributed by atoms with Crippen LogP contribution >= 0.6 is 0 Å². The first-order valence-corrected chi connectivity index (χ1v) is 10.1. The van der Waals surface area contributed by atoms with E-state index in [4.69, 9.17) is 0 Å². The van der Waals surface area contributed by atoms with Crippen LogP contribution in [0.1, 0.15) is 27.2 Å². The number of nitrogens with one attached hydrogen (secondary N) is 1. The summed E-state index contributed by atoms with van der Waals surface area (Å²) in [5, 5.41) is 7.46. The van der Waals surface area contributed by atoms with Gasteiger partial charge in [0.25, 0.3) is 5.91 Å². The van der Waals surface area contributed by atoms with Gasteiger partial charge in [0.2, 0.25) is 5.43 Å². The van der Waals surface area contributed by atoms with E-state index in [0.717, 1.165) is 22.4 Å². The zero-order valence-corrected chi connectivity index (χ0v) is 17.7. The van der Waals surface area contributed by atoms with Gasteiger partial charge < -0.3 is 5.32 Å². The van der Waals surface area contributed by atoms with Gasteiger partial charge in [-0.25, -0.2) is 4.68 Å². The van der Waals surface area contributed by atoms with E-state index in [1.807, 2.05) is 68.4 Å². The predicted octanol–water partition coefficient (Wildman–Crippen LogP) is 5.08. The molecule has 0 radical (unpaired) electrons. The summed E-state index contributed by atoms with van der Waals surface area (Å²) in [7, 11) is 0. The van der Waals surface area contributed by atoms with Crippen molar-refractivity contribution in [2.24, 2.45) is 0 Å². The van der Waals surface area contributed by atoms with Crippen molar-refractivity contribution >= 4 is 11.7 Å². The molecule has 0 atom stereocenters. The van der Waals surface area contributed by atoms with Crippen LogP contribution in [0.5, 0.6) is 0 Å². The van der Waals surface area contributed by atoms with Crippen LogP contribution in [0.25, 0.3) is 16.8 Å². The zero-order valence-electron chi connectivity index (χ0n) is 17.7. The fourth-order valence-electron chi connectivity index (χ4n) is 3.39. The van der Waals surface area contributed by atoms with Crippen molar-refractivity contribution in [1.29, 1.82) is 0 Å². The van der Waals surface area contributed by atoms with Crippen molar-refractivity contribution in [2.75, 3.05) is 5.32 Å². The average Bonchev–Trinajstić information content (AvgIpc) is 2.78. The van der Waals surface area contributed by atoms with Gasteiger partial charge in [-0.05, 0) is 50.6 Å². The summed E-state index contributed by atoms with van der Waals surface area (Å²) in [5.41, 5.74) is 4.73. The molecular formula is C26H23N3O2. The largest absolute Gasteiger partial charge is 0.306 e. The third kappa shape index (κ3) is 4.16. The summed E-state index contributed by atoms with van der Waals surface area (Å²) in [6.45, 7) is 5.68. The Morgan fingerprint density at radius 1 is 0.806 bits per heavy atom. The Kier molecular flexibility index (Phi) is 5.50. The SMILES string of the molecule is Cc1ccc(-c2c(NC(=O)c3ccccc3)n(-c3ccc(C)cc3)nc(C)c2=O)cc1. The quantitative estimate of drug-likeness (QED) is 0.511. The second-order valence-electron chi connectivity index (χ2n) is 7.57. The molecule has 0 bridgehead atoms. The minimum Gasteiger partial charge on any atom is -0.306 e. The van der Waals surface area contributed by atoms with Gasteiger partial charge in [0.15, 0.2) is 0 Å². The zero-order chi connectivity index (χ0) is 22.0. The van der Waals surface area contributed by atoms with Crippen molar-refractivity contribution in [2.45, 2.75) is 20.8 Å². The highest BCUT2D eigenvalue weighted by molar-refractivity contribution is 6.05. The molecule has 0 fully saturated rings. The third-order valence-corrected chi connectivity index (χ3v) is 5.14. The molecule has 0 spiro atoms. The molecule has 0 unspecified atom stereocenters. The molecule has 5 heteroatoms. The topological polar surface area (TPSA) is 64.0 Å². The summed E-state index contributed by atoms with van der Waals surface area (Å²) in [5.74, 6) is 0.0389. The van der Waals surface area contributed by atoms with E-state index in [1.54, 1.807) is 35.9 Å². The van der Waals surface area contributed by atoms with Crippen molar-refractivity contribution in [3.63, 3.8) is 0 Å². The van der Waals surface area contributed by atoms with Gasteiger partial charge in [-0.1, -0.05) is 65.7 Å². The van der Waals surface area contributed by atoms with Gasteiger partial charge in [-0.2, -0.15) is 5.10 Å². The first kappa shape index (κ1) is 20.3. The Labute approximate surface area is 181 Å². The standard InChI is InChI=1S/C26H23N3O2/c1-17-9-13-20(14-10-17)23-24(30)19(3)28-29(22-15-11-18(2)12-16-22)25(23)27-26(31)21-7-5-4-6-8-21/h4-16H,1-3H3,(H,27,31). The van der Waals surface area contributed by atoms with Gasteiger partial charge >= 0.3 is 0 Å². The Hall–Kier alpha value is -3.99. The first-order chi connectivity index (χ1) is 14.9. The number of anilines is 1. The van der Waals surface area contributed by atoms with E-state index >= 15 is 0 Å². The lowest BCUT2D eigenvalue weighted by Crippen LogP contribution is -2.25. The molecular weight excluding hydrogens is 386 g/mol. The number of carbonyl (C=O) groups excluding carboxylic acids is 1. The summed E-state index contributed by atoms with van der Waals surface area (Å²) in [6.07, 6.45) is 0. The van der Waals surface area contributed by atoms with Crippen LogP contribution in [-0.2, 0) is 0 Å². The number of hydrogen-bond acceptors (Lipinski definition) is 3. The van der Waals surface area contributed by atoms with Crippen LogP contribution in [0.3, 0.4) is 0 Å². The van der Waals surface area contributed by atoms with Crippen molar-refractivity contribution in [3.8, 4) is 16.8 Å². The Balaban J connectivity index is 1.96. The van der Waals surface area contributed by atoms with Crippen molar-refractivity contribution in [1.82, 2.24) is 9.78 Å². The highest BCUT2D eigenvalue weighted by Crippen LogP contribution is 2.28. The second kappa shape index (κ2) is 8.40. The number of hydrogen-bond donors (Lipinski definition) is 1. The van der Waals surface area contributed by atoms with E-state index in [9.17, 15) is 9.59 Å². The molecule has 0 aliphatic heterocycles. The predicted molar refractivity (Wildman–Crippen MR) is 124 cm³/mol. The molecule has 4 aromatic rings. The number of nitrogens with zero attached hydrogens (tertiary/aromatic N) is 2. The lowest BCUT2D eigenvalue weighted by molar-refractivity contribution is 0.102. The normalized spacial score (nSPS) is 10.7. The number of carbonyl (C=O) groups is 1. The molecule has 1 heterocycles. The van der Waals surface area contributed by atoms with Crippen LogP contribution in [0.4, 0.5) is 5.82 Å². The monoisotopic (exact) mass is 409 g/mol. The number of benzene rings is 3. The molecule has 1 amide bonds. The summed E-state index contributed by atoms with van der Waals surface area (Å²) < 4.78 is 1.63. The highest BCUT2D eigenvalue weighted by Gasteiger charge is 2.20. The fourth-order valence-corrected chi connectivity index (χ4v) is 3.39. The number of amides is 1. The summed E-state index contributed by atoms with van der Waals surface area (Å²) >= 11 is 0. The molecule has 1 aromatic heterocycles. The average molecular weight is 409 g/mol. The molecule has 0 saturated heterocycles. The molecule has 31 heavy (non-hydrogen) atoms. The number of rotatable bonds is 4. The van der Waals surface area contributed by atoms with Crippen LogP contribution < -0.4 is 10.7 Å². The summed E-state index contributed by atoms with van der Waals surface area (Å²) in [6, 6.07) is 24.4. The molecule has 5 nitrogen and oxygen atoms in total. The third-order valence-electron chi connectivity index (χ3n) is 5.14. The molecule has 0 aliphatic carbocycles. The Bertz CT molecular complexity index is 1290. The van der Waals surface area contributed by atoms with Gasteiger partial charge in [-0.15, -0.1) is 0 Å². The lowest BCUT2D eigenvalue weighted by atomic mass is 10.0. The number of aryl methyl sites for hydroxylation is 3. The Morgan fingerprint density at radius 3 is 2.00 bits per heavy atom. The first-order valence-electron chi connectivity index (χ1n) is 10.1. The summed E-state index contributed by atoms with van der Waals surface area (Å²) in [4.78, 5) is 26.2. The second-order valence-corrected chi connectivity index (χ2v) is 7.57. The molecule has 3 aromatic carbocycles. The van der Waals surface area contributed by atoms with E-state index in [0.29, 0.717) is 22.6 Å². The van der Waals surface area contributed by atoms with Gasteiger partial charge in [-0.3, -0.25) is 9.59 Å². The Morgan fingerprint density at radius 2 is 1.39 bits per heavy atom. The van der Waals surface area contributed by atoms with Crippen molar-refractivity contribution < 1.29 is 4.79 Å². The van der Waals surface area contributed by atoms with E-state index < -0.39 is 0 Å². The fraction of sp³-hybridized carbons (Fsp3) is 0.115. The lowest BCUT2D eigenvalue weighted by Gasteiger charge is -2.18.